The van der Waals surface area contributed by atoms with Gasteiger partial charge in [0.25, 0.3) is 0 Å². The lowest BCUT2D eigenvalue weighted by Gasteiger charge is -2.01. The molecular weight excluding hydrogens is 378 g/mol. The van der Waals surface area contributed by atoms with E-state index in [0.717, 1.165) is 6.20 Å². The zero-order valence-electron chi connectivity index (χ0n) is 8.66. The monoisotopic (exact) mass is 383 g/mol. The van der Waals surface area contributed by atoms with Crippen LogP contribution in [0, 0.1) is 3.57 Å². The molecule has 1 heterocycles. The van der Waals surface area contributed by atoms with Crippen LogP contribution in [0.5, 0.6) is 0 Å². The number of benzene rings is 1. The van der Waals surface area contributed by atoms with Gasteiger partial charge in [-0.15, -0.1) is 11.3 Å². The van der Waals surface area contributed by atoms with E-state index in [9.17, 15) is 18.0 Å². The molecule has 0 saturated heterocycles. The molecule has 2 rings (SSSR count). The van der Waals surface area contributed by atoms with Crippen molar-refractivity contribution in [3.8, 4) is 0 Å². The van der Waals surface area contributed by atoms with E-state index >= 15 is 0 Å². The number of carbonyl (C=O) groups is 1. The largest absolute Gasteiger partial charge is 0.443 e. The van der Waals surface area contributed by atoms with Crippen LogP contribution in [0.1, 0.15) is 20.2 Å². The van der Waals surface area contributed by atoms with Gasteiger partial charge in [0.1, 0.15) is 0 Å². The Kier molecular flexibility index (Phi) is 3.71. The molecule has 0 atom stereocenters. The maximum absolute atomic E-state index is 12.4. The van der Waals surface area contributed by atoms with E-state index < -0.39 is 17.0 Å². The van der Waals surface area contributed by atoms with Crippen LogP contribution in [-0.4, -0.2) is 10.8 Å². The second kappa shape index (κ2) is 4.96. The smallest absolute Gasteiger partial charge is 0.288 e. The molecule has 0 amide bonds. The molecule has 0 aliphatic carbocycles. The first kappa shape index (κ1) is 13.5. The van der Waals surface area contributed by atoms with Crippen LogP contribution in [0.2, 0.25) is 0 Å². The molecule has 2 nitrogen and oxygen atoms in total. The third-order valence-corrected chi connectivity index (χ3v) is 4.07. The number of hydrogen-bond donors (Lipinski definition) is 0. The fraction of sp³-hybridized carbons (Fsp3) is 0.0909. The summed E-state index contributed by atoms with van der Waals surface area (Å²) in [5.41, 5.74) is 0.385. The van der Waals surface area contributed by atoms with Crippen molar-refractivity contribution in [2.24, 2.45) is 0 Å². The lowest BCUT2D eigenvalue weighted by molar-refractivity contribution is -0.137. The topological polar surface area (TPSA) is 30.0 Å². The highest BCUT2D eigenvalue weighted by Crippen LogP contribution is 2.33. The average Bonchev–Trinajstić information content (AvgIpc) is 2.77. The van der Waals surface area contributed by atoms with Gasteiger partial charge in [0, 0.05) is 15.3 Å². The van der Waals surface area contributed by atoms with Crippen molar-refractivity contribution in [2.75, 3.05) is 0 Å². The zero-order chi connectivity index (χ0) is 13.3. The number of thiazole rings is 1. The van der Waals surface area contributed by atoms with Gasteiger partial charge in [-0.1, -0.05) is 12.1 Å². The maximum atomic E-state index is 12.4. The van der Waals surface area contributed by atoms with Crippen LogP contribution in [0.3, 0.4) is 0 Å². The Labute approximate surface area is 118 Å². The normalized spacial score (nSPS) is 11.6. The van der Waals surface area contributed by atoms with Gasteiger partial charge in [-0.2, -0.15) is 13.2 Å². The Morgan fingerprint density at radius 3 is 2.50 bits per heavy atom. The zero-order valence-corrected chi connectivity index (χ0v) is 11.6. The molecule has 0 bridgehead atoms. The first-order chi connectivity index (χ1) is 8.39. The number of halogens is 4. The molecule has 0 unspecified atom stereocenters. The van der Waals surface area contributed by atoms with Crippen LogP contribution >= 0.6 is 33.9 Å². The molecule has 1 aromatic heterocycles. The van der Waals surface area contributed by atoms with Crippen molar-refractivity contribution in [3.63, 3.8) is 0 Å². The van der Waals surface area contributed by atoms with E-state index in [2.05, 4.69) is 4.98 Å². The summed E-state index contributed by atoms with van der Waals surface area (Å²) in [7, 11) is 0. The summed E-state index contributed by atoms with van der Waals surface area (Å²) in [6.45, 7) is 0. The molecule has 0 N–H and O–H groups in total. The van der Waals surface area contributed by atoms with E-state index in [1.165, 1.54) is 0 Å². The number of ketones is 1. The number of carbonyl (C=O) groups excluding carboxylic acids is 1. The molecule has 1 aromatic carbocycles. The van der Waals surface area contributed by atoms with Gasteiger partial charge in [0.15, 0.2) is 5.01 Å². The molecule has 0 radical (unpaired) electrons. The number of hydrogen-bond acceptors (Lipinski definition) is 3. The summed E-state index contributed by atoms with van der Waals surface area (Å²) in [4.78, 5) is 15.2. The lowest BCUT2D eigenvalue weighted by atomic mass is 10.1. The highest BCUT2D eigenvalue weighted by atomic mass is 127. The molecule has 7 heteroatoms. The second-order valence-electron chi connectivity index (χ2n) is 3.34. The molecule has 0 spiro atoms. The van der Waals surface area contributed by atoms with Gasteiger partial charge in [-0.05, 0) is 34.7 Å². The first-order valence-electron chi connectivity index (χ1n) is 4.72. The summed E-state index contributed by atoms with van der Waals surface area (Å²) in [6, 6.07) is 6.73. The summed E-state index contributed by atoms with van der Waals surface area (Å²) < 4.78 is 37.8. The summed E-state index contributed by atoms with van der Waals surface area (Å²) in [6.07, 6.45) is -3.54. The maximum Gasteiger partial charge on any atom is 0.443 e. The summed E-state index contributed by atoms with van der Waals surface area (Å²) >= 11 is 2.33. The highest BCUT2D eigenvalue weighted by molar-refractivity contribution is 14.1. The van der Waals surface area contributed by atoms with E-state index in [4.69, 9.17) is 0 Å². The minimum Gasteiger partial charge on any atom is -0.288 e. The standard InChI is InChI=1S/C11H5F3INOS/c12-11(13,14)10-16-5-8(18-10)9(17)6-3-1-2-4-7(6)15/h1-5H. The Morgan fingerprint density at radius 2 is 1.94 bits per heavy atom. The second-order valence-corrected chi connectivity index (χ2v) is 5.53. The van der Waals surface area contributed by atoms with Crippen molar-refractivity contribution in [3.05, 3.63) is 49.5 Å². The quantitative estimate of drug-likeness (QED) is 0.580. The Hall–Kier alpha value is -0.960. The van der Waals surface area contributed by atoms with Gasteiger partial charge >= 0.3 is 6.18 Å². The predicted molar refractivity (Wildman–Crippen MR) is 69.7 cm³/mol. The van der Waals surface area contributed by atoms with Gasteiger partial charge in [-0.25, -0.2) is 4.98 Å². The van der Waals surface area contributed by atoms with Gasteiger partial charge in [-0.3, -0.25) is 4.79 Å². The van der Waals surface area contributed by atoms with Crippen molar-refractivity contribution in [1.82, 2.24) is 4.98 Å². The fourth-order valence-electron chi connectivity index (χ4n) is 1.29. The van der Waals surface area contributed by atoms with E-state index in [1.54, 1.807) is 24.3 Å². The van der Waals surface area contributed by atoms with Crippen LogP contribution in [0.15, 0.2) is 30.5 Å². The van der Waals surface area contributed by atoms with E-state index in [1.807, 2.05) is 22.6 Å². The molecule has 0 aliphatic rings. The lowest BCUT2D eigenvalue weighted by Crippen LogP contribution is -2.03. The third-order valence-electron chi connectivity index (χ3n) is 2.09. The molecule has 18 heavy (non-hydrogen) atoms. The van der Waals surface area contributed by atoms with Crippen LogP contribution < -0.4 is 0 Å². The molecule has 94 valence electrons. The van der Waals surface area contributed by atoms with Gasteiger partial charge in [0.05, 0.1) is 4.88 Å². The highest BCUT2D eigenvalue weighted by Gasteiger charge is 2.35. The molecule has 0 aliphatic heterocycles. The van der Waals surface area contributed by atoms with Crippen molar-refractivity contribution < 1.29 is 18.0 Å². The van der Waals surface area contributed by atoms with E-state index in [-0.39, 0.29) is 4.88 Å². The average molecular weight is 383 g/mol. The minimum absolute atomic E-state index is 0.00792. The number of nitrogens with zero attached hydrogens (tertiary/aromatic N) is 1. The van der Waals surface area contributed by atoms with Crippen molar-refractivity contribution in [1.29, 1.82) is 0 Å². The Bertz CT molecular complexity index is 594. The van der Waals surface area contributed by atoms with Gasteiger partial charge < -0.3 is 0 Å². The SMILES string of the molecule is O=C(c1cnc(C(F)(F)F)s1)c1ccccc1I. The van der Waals surface area contributed by atoms with E-state index in [0.29, 0.717) is 20.5 Å². The molecule has 2 aromatic rings. The number of aromatic nitrogens is 1. The molecule has 0 fully saturated rings. The minimum atomic E-state index is -4.51. The summed E-state index contributed by atoms with van der Waals surface area (Å²) in [5, 5.41) is -1.00. The van der Waals surface area contributed by atoms with Crippen molar-refractivity contribution in [2.45, 2.75) is 6.18 Å². The summed E-state index contributed by atoms with van der Waals surface area (Å²) in [5.74, 6) is -0.437. The third kappa shape index (κ3) is 2.72. The van der Waals surface area contributed by atoms with Gasteiger partial charge in [0.2, 0.25) is 5.78 Å². The van der Waals surface area contributed by atoms with Crippen LogP contribution in [0.4, 0.5) is 13.2 Å². The van der Waals surface area contributed by atoms with Crippen LogP contribution in [0.25, 0.3) is 0 Å². The molecular formula is C11H5F3INOS. The molecule has 0 saturated carbocycles. The van der Waals surface area contributed by atoms with Crippen molar-refractivity contribution >= 4 is 39.7 Å². The number of alkyl halides is 3. The van der Waals surface area contributed by atoms with Crippen LogP contribution in [-0.2, 0) is 6.18 Å². The predicted octanol–water partition coefficient (Wildman–Crippen LogP) is 4.00. The Morgan fingerprint density at radius 1 is 1.28 bits per heavy atom. The fourth-order valence-corrected chi connectivity index (χ4v) is 2.66. The first-order valence-corrected chi connectivity index (χ1v) is 6.61. The Balaban J connectivity index is 2.36. The number of rotatable bonds is 2.